The summed E-state index contributed by atoms with van der Waals surface area (Å²) in [6.45, 7) is 11.1. The number of carbonyl (C=O) groups excluding carboxylic acids is 1. The first-order chi connectivity index (χ1) is 19.8. The Bertz CT molecular complexity index is 1610. The second kappa shape index (κ2) is 13.5. The summed E-state index contributed by atoms with van der Waals surface area (Å²) in [6.07, 6.45) is 4.17. The molecule has 4 rings (SSSR count). The van der Waals surface area contributed by atoms with Crippen molar-refractivity contribution in [3.05, 3.63) is 79.0 Å². The highest BCUT2D eigenvalue weighted by atomic mass is 32.1. The third-order valence-corrected chi connectivity index (χ3v) is 7.47. The SMILES string of the molecule is CCOc1ccc([C@H]2C(C(=O)OC)=CN=c3s/c(=C\c4ccc(O[C@H](C)CC)c(OCC)c4)c(=O)n32)cc1OCC. The molecule has 0 fully saturated rings. The minimum absolute atomic E-state index is 0.0404. The van der Waals surface area contributed by atoms with Crippen LogP contribution in [-0.4, -0.2) is 43.6 Å². The van der Waals surface area contributed by atoms with E-state index in [0.29, 0.717) is 57.7 Å². The molecule has 1 aliphatic heterocycles. The maximum Gasteiger partial charge on any atom is 0.337 e. The molecule has 218 valence electrons. The van der Waals surface area contributed by atoms with Crippen LogP contribution in [0.15, 0.2) is 58.0 Å². The van der Waals surface area contributed by atoms with Gasteiger partial charge in [-0.05, 0) is 75.6 Å². The molecule has 0 amide bonds. The summed E-state index contributed by atoms with van der Waals surface area (Å²) in [5, 5.41) is 0. The van der Waals surface area contributed by atoms with Gasteiger partial charge < -0.3 is 23.7 Å². The van der Waals surface area contributed by atoms with Gasteiger partial charge in [0.25, 0.3) is 5.56 Å². The summed E-state index contributed by atoms with van der Waals surface area (Å²) in [5.41, 5.74) is 1.40. The summed E-state index contributed by atoms with van der Waals surface area (Å²) in [7, 11) is 1.31. The zero-order valence-electron chi connectivity index (χ0n) is 24.3. The van der Waals surface area contributed by atoms with Crippen LogP contribution in [0.4, 0.5) is 0 Å². The van der Waals surface area contributed by atoms with Crippen molar-refractivity contribution in [3.63, 3.8) is 0 Å². The summed E-state index contributed by atoms with van der Waals surface area (Å²) < 4.78 is 30.4. The van der Waals surface area contributed by atoms with Gasteiger partial charge in [0.2, 0.25) is 0 Å². The molecule has 0 N–H and O–H groups in total. The van der Waals surface area contributed by atoms with E-state index in [1.54, 1.807) is 18.2 Å². The molecular formula is C31H36N2O7S. The van der Waals surface area contributed by atoms with Crippen LogP contribution in [-0.2, 0) is 9.53 Å². The highest BCUT2D eigenvalue weighted by Gasteiger charge is 2.31. The van der Waals surface area contributed by atoms with E-state index in [9.17, 15) is 9.59 Å². The normalized spacial score (nSPS) is 15.3. The average molecular weight is 581 g/mol. The first-order valence-electron chi connectivity index (χ1n) is 13.8. The molecule has 0 saturated carbocycles. The van der Waals surface area contributed by atoms with E-state index < -0.39 is 12.0 Å². The van der Waals surface area contributed by atoms with E-state index in [4.69, 9.17) is 23.7 Å². The van der Waals surface area contributed by atoms with Gasteiger partial charge in [-0.3, -0.25) is 9.36 Å². The minimum Gasteiger partial charge on any atom is -0.490 e. The average Bonchev–Trinajstić information content (AvgIpc) is 3.29. The van der Waals surface area contributed by atoms with Gasteiger partial charge in [0, 0.05) is 6.20 Å². The second-order valence-corrected chi connectivity index (χ2v) is 10.2. The fourth-order valence-electron chi connectivity index (χ4n) is 4.42. The number of carbonyl (C=O) groups is 1. The van der Waals surface area contributed by atoms with Crippen molar-refractivity contribution in [1.29, 1.82) is 0 Å². The van der Waals surface area contributed by atoms with Gasteiger partial charge in [-0.2, -0.15) is 0 Å². The molecule has 3 aromatic rings. The number of nitrogens with zero attached hydrogens (tertiary/aromatic N) is 2. The number of methoxy groups -OCH3 is 1. The van der Waals surface area contributed by atoms with Gasteiger partial charge in [-0.15, -0.1) is 0 Å². The van der Waals surface area contributed by atoms with Gasteiger partial charge in [-0.1, -0.05) is 30.4 Å². The molecule has 10 heteroatoms. The summed E-state index contributed by atoms with van der Waals surface area (Å²) >= 11 is 1.24. The molecule has 2 aromatic carbocycles. The number of hydrogen-bond acceptors (Lipinski definition) is 9. The maximum absolute atomic E-state index is 13.9. The van der Waals surface area contributed by atoms with Crippen LogP contribution in [0.5, 0.6) is 23.0 Å². The lowest BCUT2D eigenvalue weighted by molar-refractivity contribution is -0.136. The van der Waals surface area contributed by atoms with Crippen LogP contribution in [0.25, 0.3) is 6.08 Å². The molecule has 2 heterocycles. The van der Waals surface area contributed by atoms with Crippen LogP contribution in [0.1, 0.15) is 58.2 Å². The van der Waals surface area contributed by atoms with Crippen LogP contribution in [0.2, 0.25) is 0 Å². The Balaban J connectivity index is 1.84. The number of benzene rings is 2. The molecule has 0 spiro atoms. The Labute approximate surface area is 243 Å². The summed E-state index contributed by atoms with van der Waals surface area (Å²) in [5.74, 6) is 1.80. The van der Waals surface area contributed by atoms with Crippen molar-refractivity contribution < 1.29 is 28.5 Å². The lowest BCUT2D eigenvalue weighted by Gasteiger charge is -2.23. The first-order valence-corrected chi connectivity index (χ1v) is 14.6. The highest BCUT2D eigenvalue weighted by Crippen LogP contribution is 2.35. The second-order valence-electron chi connectivity index (χ2n) is 9.22. The van der Waals surface area contributed by atoms with Gasteiger partial charge in [0.05, 0.1) is 49.2 Å². The van der Waals surface area contributed by atoms with E-state index in [1.165, 1.54) is 29.2 Å². The number of ether oxygens (including phenoxy) is 5. The zero-order valence-corrected chi connectivity index (χ0v) is 25.1. The molecule has 9 nitrogen and oxygen atoms in total. The van der Waals surface area contributed by atoms with E-state index in [1.807, 2.05) is 52.0 Å². The number of aromatic nitrogens is 1. The molecule has 0 radical (unpaired) electrons. The molecule has 2 atom stereocenters. The topological polar surface area (TPSA) is 97.6 Å². The molecule has 41 heavy (non-hydrogen) atoms. The Morgan fingerprint density at radius 2 is 1.63 bits per heavy atom. The van der Waals surface area contributed by atoms with Crippen molar-refractivity contribution in [3.8, 4) is 23.0 Å². The van der Waals surface area contributed by atoms with E-state index in [0.717, 1.165) is 12.0 Å². The van der Waals surface area contributed by atoms with Gasteiger partial charge in [-0.25, -0.2) is 9.79 Å². The number of rotatable bonds is 12. The lowest BCUT2D eigenvalue weighted by atomic mass is 9.97. The van der Waals surface area contributed by atoms with Crippen molar-refractivity contribution in [2.45, 2.75) is 53.2 Å². The number of esters is 1. The Hall–Kier alpha value is -4.05. The monoisotopic (exact) mass is 580 g/mol. The number of thiazole rings is 1. The van der Waals surface area contributed by atoms with E-state index in [2.05, 4.69) is 11.9 Å². The predicted octanol–water partition coefficient (Wildman–Crippen LogP) is 4.39. The van der Waals surface area contributed by atoms with Gasteiger partial charge in [0.15, 0.2) is 27.8 Å². The summed E-state index contributed by atoms with van der Waals surface area (Å²) in [4.78, 5) is 31.6. The van der Waals surface area contributed by atoms with Crippen molar-refractivity contribution in [1.82, 2.24) is 4.57 Å². The summed E-state index contributed by atoms with van der Waals surface area (Å²) in [6, 6.07) is 10.2. The third kappa shape index (κ3) is 6.48. The van der Waals surface area contributed by atoms with Crippen LogP contribution in [0, 0.1) is 0 Å². The molecule has 1 aliphatic rings. The van der Waals surface area contributed by atoms with Gasteiger partial charge in [0.1, 0.15) is 0 Å². The molecule has 0 unspecified atom stereocenters. The van der Waals surface area contributed by atoms with Crippen LogP contribution < -0.4 is 33.8 Å². The first kappa shape index (κ1) is 29.9. The predicted molar refractivity (Wildman–Crippen MR) is 158 cm³/mol. The van der Waals surface area contributed by atoms with E-state index in [-0.39, 0.29) is 17.2 Å². The number of hydrogen-bond donors (Lipinski definition) is 0. The standard InChI is InChI=1S/C31H36N2O7S/c1-7-19(5)40-24-13-11-20(15-25(24)38-9-3)16-27-29(34)33-28(22(30(35)36-6)18-32-31(33)41-27)21-12-14-23(37-8-2)26(17-21)39-10-4/h11-19,28H,7-10H2,1-6H3/b27-16-/t19-,28+/m1/s1. The van der Waals surface area contributed by atoms with Crippen LogP contribution in [0.3, 0.4) is 0 Å². The smallest absolute Gasteiger partial charge is 0.337 e. The lowest BCUT2D eigenvalue weighted by Crippen LogP contribution is -2.39. The quantitative estimate of drug-likeness (QED) is 0.293. The Morgan fingerprint density at radius 3 is 2.29 bits per heavy atom. The molecular weight excluding hydrogens is 544 g/mol. The zero-order chi connectivity index (χ0) is 29.5. The maximum atomic E-state index is 13.9. The molecule has 0 aliphatic carbocycles. The van der Waals surface area contributed by atoms with Crippen molar-refractivity contribution in [2.24, 2.45) is 4.99 Å². The molecule has 0 bridgehead atoms. The molecule has 0 saturated heterocycles. The van der Waals surface area contributed by atoms with Crippen molar-refractivity contribution >= 4 is 23.4 Å². The largest absolute Gasteiger partial charge is 0.490 e. The Morgan fingerprint density at radius 1 is 0.976 bits per heavy atom. The van der Waals surface area contributed by atoms with E-state index >= 15 is 0 Å². The Kier molecular flexibility index (Phi) is 9.88. The third-order valence-electron chi connectivity index (χ3n) is 6.48. The van der Waals surface area contributed by atoms with Crippen LogP contribution >= 0.6 is 11.3 Å². The fourth-order valence-corrected chi connectivity index (χ4v) is 5.39. The minimum atomic E-state index is -0.763. The highest BCUT2D eigenvalue weighted by molar-refractivity contribution is 7.07. The fraction of sp³-hybridized carbons (Fsp3) is 0.387. The van der Waals surface area contributed by atoms with Crippen molar-refractivity contribution in [2.75, 3.05) is 26.9 Å². The molecule has 1 aromatic heterocycles. The number of fused-ring (bicyclic) bond motifs is 1. The van der Waals surface area contributed by atoms with Gasteiger partial charge >= 0.3 is 5.97 Å².